The van der Waals surface area contributed by atoms with Gasteiger partial charge in [0.05, 0.1) is 5.60 Å². The number of hydrogen-bond acceptors (Lipinski definition) is 3. The van der Waals surface area contributed by atoms with Crippen LogP contribution in [-0.4, -0.2) is 40.1 Å². The Bertz CT molecular complexity index is 226. The number of nitrogens with zero attached hydrogens (tertiary/aromatic N) is 1. The number of aliphatic hydroxyl groups is 1. The lowest BCUT2D eigenvalue weighted by Crippen LogP contribution is -2.43. The molecule has 1 amide bonds. The molecule has 0 aromatic heterocycles. The van der Waals surface area contributed by atoms with Gasteiger partial charge >= 0.3 is 0 Å². The van der Waals surface area contributed by atoms with Gasteiger partial charge in [0.2, 0.25) is 5.91 Å². The fraction of sp³-hybridized carbons (Fsp3) is 0.917. The number of rotatable bonds is 6. The van der Waals surface area contributed by atoms with Gasteiger partial charge < -0.3 is 15.7 Å². The molecule has 0 heterocycles. The van der Waals surface area contributed by atoms with Crippen LogP contribution in [0.2, 0.25) is 0 Å². The molecule has 16 heavy (non-hydrogen) atoms. The van der Waals surface area contributed by atoms with Gasteiger partial charge in [0.1, 0.15) is 0 Å². The highest BCUT2D eigenvalue weighted by atomic mass is 16.3. The van der Waals surface area contributed by atoms with Gasteiger partial charge in [-0.05, 0) is 41.0 Å². The summed E-state index contributed by atoms with van der Waals surface area (Å²) in [5, 5.41) is 9.68. The molecule has 0 aliphatic carbocycles. The number of amides is 1. The molecule has 0 fully saturated rings. The molecule has 0 aliphatic heterocycles. The molecule has 96 valence electrons. The molecule has 0 spiro atoms. The topological polar surface area (TPSA) is 66.6 Å². The quantitative estimate of drug-likeness (QED) is 0.718. The lowest BCUT2D eigenvalue weighted by Gasteiger charge is -2.29. The summed E-state index contributed by atoms with van der Waals surface area (Å²) in [5.41, 5.74) is 4.67. The van der Waals surface area contributed by atoms with E-state index in [4.69, 9.17) is 5.73 Å². The minimum Gasteiger partial charge on any atom is -0.389 e. The zero-order chi connectivity index (χ0) is 13.0. The molecule has 4 heteroatoms. The molecule has 0 aromatic rings. The average molecular weight is 230 g/mol. The van der Waals surface area contributed by atoms with Crippen molar-refractivity contribution in [3.8, 4) is 0 Å². The Morgan fingerprint density at radius 3 is 2.12 bits per heavy atom. The van der Waals surface area contributed by atoms with Crippen LogP contribution in [0.5, 0.6) is 0 Å². The summed E-state index contributed by atoms with van der Waals surface area (Å²) < 4.78 is 0. The van der Waals surface area contributed by atoms with E-state index in [1.165, 1.54) is 0 Å². The van der Waals surface area contributed by atoms with E-state index in [0.717, 1.165) is 0 Å². The zero-order valence-corrected chi connectivity index (χ0v) is 11.2. The Labute approximate surface area is 98.8 Å². The summed E-state index contributed by atoms with van der Waals surface area (Å²) in [6.07, 6.45) is 1.10. The van der Waals surface area contributed by atoms with Crippen molar-refractivity contribution < 1.29 is 9.90 Å². The third-order valence-electron chi connectivity index (χ3n) is 2.30. The van der Waals surface area contributed by atoms with Gasteiger partial charge in [0, 0.05) is 25.0 Å². The molecule has 0 unspecified atom stereocenters. The van der Waals surface area contributed by atoms with Crippen molar-refractivity contribution >= 4 is 5.91 Å². The third kappa shape index (κ3) is 7.65. The molecular weight excluding hydrogens is 204 g/mol. The highest BCUT2D eigenvalue weighted by Crippen LogP contribution is 2.11. The van der Waals surface area contributed by atoms with Crippen molar-refractivity contribution in [2.24, 2.45) is 5.73 Å². The number of carbonyl (C=O) groups excluding carboxylic acids is 1. The van der Waals surface area contributed by atoms with Crippen molar-refractivity contribution in [3.63, 3.8) is 0 Å². The van der Waals surface area contributed by atoms with Crippen LogP contribution in [0.3, 0.4) is 0 Å². The maximum atomic E-state index is 11.9. The monoisotopic (exact) mass is 230 g/mol. The van der Waals surface area contributed by atoms with Crippen molar-refractivity contribution in [1.29, 1.82) is 0 Å². The summed E-state index contributed by atoms with van der Waals surface area (Å²) in [4.78, 5) is 13.5. The highest BCUT2D eigenvalue weighted by molar-refractivity contribution is 5.76. The van der Waals surface area contributed by atoms with Crippen molar-refractivity contribution in [3.05, 3.63) is 0 Å². The fourth-order valence-electron chi connectivity index (χ4n) is 1.43. The standard InChI is InChI=1S/C12H26N2O2/c1-6-14(9-12(4,5)16)10(15)7-8-11(2,3)13/h16H,6-9,13H2,1-5H3. The van der Waals surface area contributed by atoms with Crippen molar-refractivity contribution in [2.75, 3.05) is 13.1 Å². The molecule has 4 nitrogen and oxygen atoms in total. The van der Waals surface area contributed by atoms with E-state index < -0.39 is 5.60 Å². The average Bonchev–Trinajstić information content (AvgIpc) is 2.07. The van der Waals surface area contributed by atoms with Gasteiger partial charge in [0.25, 0.3) is 0 Å². The minimum atomic E-state index is -0.843. The summed E-state index contributed by atoms with van der Waals surface area (Å²) in [5.74, 6) is 0.0585. The molecule has 0 atom stereocenters. The van der Waals surface area contributed by atoms with Crippen molar-refractivity contribution in [1.82, 2.24) is 4.90 Å². The molecule has 3 N–H and O–H groups in total. The van der Waals surface area contributed by atoms with E-state index in [9.17, 15) is 9.90 Å². The second kappa shape index (κ2) is 5.64. The van der Waals surface area contributed by atoms with E-state index in [2.05, 4.69) is 0 Å². The van der Waals surface area contributed by atoms with E-state index in [0.29, 0.717) is 25.9 Å². The van der Waals surface area contributed by atoms with E-state index in [1.54, 1.807) is 18.7 Å². The van der Waals surface area contributed by atoms with Crippen LogP contribution in [0.25, 0.3) is 0 Å². The third-order valence-corrected chi connectivity index (χ3v) is 2.30. The van der Waals surface area contributed by atoms with E-state index >= 15 is 0 Å². The summed E-state index contributed by atoms with van der Waals surface area (Å²) in [6, 6.07) is 0. The summed E-state index contributed by atoms with van der Waals surface area (Å²) in [7, 11) is 0. The Morgan fingerprint density at radius 2 is 1.81 bits per heavy atom. The smallest absolute Gasteiger partial charge is 0.222 e. The number of nitrogens with two attached hydrogens (primary N) is 1. The van der Waals surface area contributed by atoms with E-state index in [1.807, 2.05) is 20.8 Å². The van der Waals surface area contributed by atoms with Crippen molar-refractivity contribution in [2.45, 2.75) is 58.6 Å². The van der Waals surface area contributed by atoms with Crippen LogP contribution in [0.4, 0.5) is 0 Å². The van der Waals surface area contributed by atoms with E-state index in [-0.39, 0.29) is 11.4 Å². The predicted octanol–water partition coefficient (Wildman–Crippen LogP) is 1.12. The lowest BCUT2D eigenvalue weighted by molar-refractivity contribution is -0.134. The van der Waals surface area contributed by atoms with Gasteiger partial charge in [-0.25, -0.2) is 0 Å². The fourth-order valence-corrected chi connectivity index (χ4v) is 1.43. The minimum absolute atomic E-state index is 0.0585. The van der Waals surface area contributed by atoms with Gasteiger partial charge in [-0.2, -0.15) is 0 Å². The number of carbonyl (C=O) groups is 1. The zero-order valence-electron chi connectivity index (χ0n) is 11.2. The van der Waals surface area contributed by atoms with Gasteiger partial charge in [-0.1, -0.05) is 0 Å². The SMILES string of the molecule is CCN(CC(C)(C)O)C(=O)CCC(C)(C)N. The molecule has 0 saturated heterocycles. The van der Waals surface area contributed by atoms with Crippen LogP contribution in [0.15, 0.2) is 0 Å². The maximum absolute atomic E-state index is 11.9. The van der Waals surface area contributed by atoms with Crippen LogP contribution >= 0.6 is 0 Å². The largest absolute Gasteiger partial charge is 0.389 e. The molecular formula is C12H26N2O2. The normalized spacial score (nSPS) is 12.7. The van der Waals surface area contributed by atoms with Crippen LogP contribution in [0.1, 0.15) is 47.5 Å². The molecule has 0 bridgehead atoms. The number of likely N-dealkylation sites (N-methyl/N-ethyl adjacent to an activating group) is 1. The first-order valence-electron chi connectivity index (χ1n) is 5.84. The number of hydrogen-bond donors (Lipinski definition) is 2. The second-order valence-electron chi connectivity index (χ2n) is 5.71. The Hall–Kier alpha value is -0.610. The maximum Gasteiger partial charge on any atom is 0.222 e. The van der Waals surface area contributed by atoms with Crippen LogP contribution in [-0.2, 0) is 4.79 Å². The Kier molecular flexibility index (Phi) is 5.42. The molecule has 0 rings (SSSR count). The lowest BCUT2D eigenvalue weighted by atomic mass is 9.99. The first-order chi connectivity index (χ1) is 7.05. The Morgan fingerprint density at radius 1 is 1.31 bits per heavy atom. The first kappa shape index (κ1) is 15.4. The predicted molar refractivity (Wildman–Crippen MR) is 66.1 cm³/mol. The highest BCUT2D eigenvalue weighted by Gasteiger charge is 2.22. The second-order valence-corrected chi connectivity index (χ2v) is 5.71. The molecule has 0 aromatic carbocycles. The Balaban J connectivity index is 4.22. The summed E-state index contributed by atoms with van der Waals surface area (Å²) in [6.45, 7) is 10.1. The van der Waals surface area contributed by atoms with Crippen LogP contribution < -0.4 is 5.73 Å². The van der Waals surface area contributed by atoms with Crippen LogP contribution in [0, 0.1) is 0 Å². The molecule has 0 saturated carbocycles. The van der Waals surface area contributed by atoms with Gasteiger partial charge in [-0.3, -0.25) is 4.79 Å². The summed E-state index contributed by atoms with van der Waals surface area (Å²) >= 11 is 0. The first-order valence-corrected chi connectivity index (χ1v) is 5.84. The van der Waals surface area contributed by atoms with Gasteiger partial charge in [-0.15, -0.1) is 0 Å². The molecule has 0 radical (unpaired) electrons. The van der Waals surface area contributed by atoms with Gasteiger partial charge in [0.15, 0.2) is 0 Å². The molecule has 0 aliphatic rings.